The summed E-state index contributed by atoms with van der Waals surface area (Å²) in [6.07, 6.45) is 3.05. The van der Waals surface area contributed by atoms with E-state index in [0.717, 1.165) is 6.42 Å². The molecule has 0 saturated carbocycles. The molecule has 0 bridgehead atoms. The van der Waals surface area contributed by atoms with Crippen molar-refractivity contribution in [2.24, 2.45) is 10.8 Å². The van der Waals surface area contributed by atoms with Gasteiger partial charge in [-0.3, -0.25) is 9.59 Å². The van der Waals surface area contributed by atoms with Crippen molar-refractivity contribution in [1.82, 2.24) is 0 Å². The number of hydrogen-bond acceptors (Lipinski definition) is 3. The minimum Gasteiger partial charge on any atom is -0.481 e. The van der Waals surface area contributed by atoms with Gasteiger partial charge in [0.15, 0.2) is 0 Å². The fourth-order valence-corrected chi connectivity index (χ4v) is 0.626. The summed E-state index contributed by atoms with van der Waals surface area (Å²) in [5, 5.41) is 8.44. The van der Waals surface area contributed by atoms with Crippen LogP contribution in [0, 0.1) is 10.8 Å². The van der Waals surface area contributed by atoms with Crippen molar-refractivity contribution in [1.29, 1.82) is 0 Å². The first-order valence-corrected chi connectivity index (χ1v) is 6.56. The molecule has 0 fully saturated rings. The van der Waals surface area contributed by atoms with Gasteiger partial charge in [-0.25, -0.2) is 0 Å². The van der Waals surface area contributed by atoms with Crippen LogP contribution in [-0.4, -0.2) is 23.7 Å². The second-order valence-corrected chi connectivity index (χ2v) is 5.67. The molecular formula is C15H28O4. The summed E-state index contributed by atoms with van der Waals surface area (Å²) >= 11 is 0. The predicted octanol–water partition coefficient (Wildman–Crippen LogP) is 3.66. The quantitative estimate of drug-likeness (QED) is 0.592. The maximum atomic E-state index is 11.2. The molecule has 19 heavy (non-hydrogen) atoms. The highest BCUT2D eigenvalue weighted by atomic mass is 16.5. The van der Waals surface area contributed by atoms with E-state index in [1.54, 1.807) is 19.9 Å². The van der Waals surface area contributed by atoms with Gasteiger partial charge in [0.1, 0.15) is 6.61 Å². The molecule has 0 aromatic carbocycles. The lowest BCUT2D eigenvalue weighted by molar-refractivity contribution is -0.152. The smallest absolute Gasteiger partial charge is 0.311 e. The van der Waals surface area contributed by atoms with E-state index in [9.17, 15) is 9.59 Å². The van der Waals surface area contributed by atoms with Crippen LogP contribution in [-0.2, 0) is 14.3 Å². The summed E-state index contributed by atoms with van der Waals surface area (Å²) in [5.41, 5.74) is -0.900. The van der Waals surface area contributed by atoms with E-state index in [-0.39, 0.29) is 11.4 Å². The Labute approximate surface area is 116 Å². The molecule has 4 heteroatoms. The van der Waals surface area contributed by atoms with Crippen LogP contribution in [0.25, 0.3) is 0 Å². The first-order valence-electron chi connectivity index (χ1n) is 6.56. The van der Waals surface area contributed by atoms with Crippen LogP contribution >= 0.6 is 0 Å². The van der Waals surface area contributed by atoms with Gasteiger partial charge in [0.05, 0.1) is 10.8 Å². The number of carboxylic acids is 1. The van der Waals surface area contributed by atoms with Crippen LogP contribution in [0.3, 0.4) is 0 Å². The monoisotopic (exact) mass is 272 g/mol. The topological polar surface area (TPSA) is 63.6 Å². The van der Waals surface area contributed by atoms with Crippen molar-refractivity contribution in [2.75, 3.05) is 6.61 Å². The van der Waals surface area contributed by atoms with Gasteiger partial charge in [-0.1, -0.05) is 26.5 Å². The molecule has 0 unspecified atom stereocenters. The van der Waals surface area contributed by atoms with E-state index in [1.807, 2.05) is 27.7 Å². The zero-order valence-corrected chi connectivity index (χ0v) is 13.1. The molecule has 0 radical (unpaired) electrons. The maximum absolute atomic E-state index is 11.2. The molecule has 0 aromatic rings. The highest BCUT2D eigenvalue weighted by molar-refractivity contribution is 5.75. The number of carbonyl (C=O) groups is 2. The number of carboxylic acid groups (broad SMARTS) is 1. The second-order valence-electron chi connectivity index (χ2n) is 5.67. The van der Waals surface area contributed by atoms with Crippen molar-refractivity contribution in [3.8, 4) is 0 Å². The zero-order chi connectivity index (χ0) is 15.7. The second kappa shape index (κ2) is 8.73. The van der Waals surface area contributed by atoms with Crippen LogP contribution in [0.15, 0.2) is 12.7 Å². The highest BCUT2D eigenvalue weighted by Gasteiger charge is 2.26. The number of ether oxygens (including phenoxy) is 1. The molecule has 0 atom stereocenters. The number of rotatable bonds is 6. The Morgan fingerprint density at radius 3 is 1.74 bits per heavy atom. The Morgan fingerprint density at radius 2 is 1.53 bits per heavy atom. The number of esters is 1. The minimum absolute atomic E-state index is 0.153. The summed E-state index contributed by atoms with van der Waals surface area (Å²) in [7, 11) is 0. The average Bonchev–Trinajstić information content (AvgIpc) is 2.36. The van der Waals surface area contributed by atoms with Crippen LogP contribution in [0.1, 0.15) is 54.4 Å². The zero-order valence-electron chi connectivity index (χ0n) is 13.1. The summed E-state index contributed by atoms with van der Waals surface area (Å²) in [4.78, 5) is 21.4. The van der Waals surface area contributed by atoms with Crippen LogP contribution < -0.4 is 0 Å². The standard InChI is InChI=1S/C9H16O2.C6H12O2/c1-5-7-11-8(10)9(3,4)6-2;1-4-6(2,3)5(7)8/h5H,1,6-7H2,2-4H3;4H2,1-3H3,(H,7,8). The van der Waals surface area contributed by atoms with Gasteiger partial charge in [0.25, 0.3) is 0 Å². The Kier molecular flexibility index (Phi) is 9.19. The van der Waals surface area contributed by atoms with Crippen LogP contribution in [0.4, 0.5) is 0 Å². The Balaban J connectivity index is 0. The van der Waals surface area contributed by atoms with Crippen LogP contribution in [0.2, 0.25) is 0 Å². The lowest BCUT2D eigenvalue weighted by Crippen LogP contribution is -2.25. The first-order chi connectivity index (χ1) is 8.55. The SMILES string of the molecule is C=CCOC(=O)C(C)(C)CC.CCC(C)(C)C(=O)O. The molecular weight excluding hydrogens is 244 g/mol. The Bertz CT molecular complexity index is 303. The molecule has 0 rings (SSSR count). The first kappa shape index (κ1) is 20.0. The van der Waals surface area contributed by atoms with Gasteiger partial charge in [-0.05, 0) is 40.5 Å². The lowest BCUT2D eigenvalue weighted by Gasteiger charge is -2.19. The third-order valence-corrected chi connectivity index (χ3v) is 3.23. The molecule has 0 aliphatic carbocycles. The number of carbonyl (C=O) groups excluding carboxylic acids is 1. The summed E-state index contributed by atoms with van der Waals surface area (Å²) in [6.45, 7) is 14.8. The van der Waals surface area contributed by atoms with Crippen LogP contribution in [0.5, 0.6) is 0 Å². The molecule has 0 aliphatic rings. The lowest BCUT2D eigenvalue weighted by atomic mass is 9.91. The fourth-order valence-electron chi connectivity index (χ4n) is 0.626. The molecule has 4 nitrogen and oxygen atoms in total. The van der Waals surface area contributed by atoms with Crippen molar-refractivity contribution in [3.05, 3.63) is 12.7 Å². The van der Waals surface area contributed by atoms with E-state index in [2.05, 4.69) is 6.58 Å². The summed E-state index contributed by atoms with van der Waals surface area (Å²) in [5.74, 6) is -0.875. The molecule has 0 aliphatic heterocycles. The van der Waals surface area contributed by atoms with Gasteiger partial charge in [-0.2, -0.15) is 0 Å². The van der Waals surface area contributed by atoms with Gasteiger partial charge in [0, 0.05) is 0 Å². The fraction of sp³-hybridized carbons (Fsp3) is 0.733. The van der Waals surface area contributed by atoms with Gasteiger partial charge in [-0.15, -0.1) is 0 Å². The molecule has 0 heterocycles. The van der Waals surface area contributed by atoms with Gasteiger partial charge < -0.3 is 9.84 Å². The van der Waals surface area contributed by atoms with E-state index in [0.29, 0.717) is 13.0 Å². The molecule has 1 N–H and O–H groups in total. The summed E-state index contributed by atoms with van der Waals surface area (Å²) in [6, 6.07) is 0. The van der Waals surface area contributed by atoms with Crippen molar-refractivity contribution >= 4 is 11.9 Å². The van der Waals surface area contributed by atoms with Gasteiger partial charge in [0.2, 0.25) is 0 Å². The molecule has 112 valence electrons. The maximum Gasteiger partial charge on any atom is 0.311 e. The van der Waals surface area contributed by atoms with E-state index in [4.69, 9.17) is 9.84 Å². The third-order valence-electron chi connectivity index (χ3n) is 3.23. The molecule has 0 spiro atoms. The molecule has 0 amide bonds. The number of aliphatic carboxylic acids is 1. The van der Waals surface area contributed by atoms with Crippen molar-refractivity contribution < 1.29 is 19.4 Å². The predicted molar refractivity (Wildman–Crippen MR) is 76.9 cm³/mol. The molecule has 0 aromatic heterocycles. The Hall–Kier alpha value is -1.32. The number of hydrogen-bond donors (Lipinski definition) is 1. The van der Waals surface area contributed by atoms with E-state index in [1.165, 1.54) is 0 Å². The summed E-state index contributed by atoms with van der Waals surface area (Å²) < 4.78 is 4.89. The normalized spacial score (nSPS) is 11.1. The van der Waals surface area contributed by atoms with Crippen molar-refractivity contribution in [2.45, 2.75) is 54.4 Å². The van der Waals surface area contributed by atoms with Gasteiger partial charge >= 0.3 is 11.9 Å². The Morgan fingerprint density at radius 1 is 1.11 bits per heavy atom. The highest BCUT2D eigenvalue weighted by Crippen LogP contribution is 2.21. The minimum atomic E-state index is -0.722. The largest absolute Gasteiger partial charge is 0.481 e. The molecule has 0 saturated heterocycles. The van der Waals surface area contributed by atoms with Crippen molar-refractivity contribution in [3.63, 3.8) is 0 Å². The third kappa shape index (κ3) is 8.41. The average molecular weight is 272 g/mol. The van der Waals surface area contributed by atoms with E-state index < -0.39 is 11.4 Å². The van der Waals surface area contributed by atoms with E-state index >= 15 is 0 Å².